The van der Waals surface area contributed by atoms with Crippen molar-refractivity contribution in [1.82, 2.24) is 0 Å². The number of halogens is 6. The molecule has 1 fully saturated rings. The quantitative estimate of drug-likeness (QED) is 0.774. The van der Waals surface area contributed by atoms with Crippen LogP contribution in [0.4, 0.5) is 26.3 Å². The van der Waals surface area contributed by atoms with E-state index in [1.807, 2.05) is 0 Å². The zero-order valence-electron chi connectivity index (χ0n) is 9.82. The summed E-state index contributed by atoms with van der Waals surface area (Å²) in [5.74, 6) is -3.52. The van der Waals surface area contributed by atoms with Gasteiger partial charge in [0.2, 0.25) is 0 Å². The molecule has 0 radical (unpaired) electrons. The Hall–Kier alpha value is -0.460. The topological polar surface area (TPSA) is 26.0 Å². The third-order valence-corrected chi connectivity index (χ3v) is 3.46. The summed E-state index contributed by atoms with van der Waals surface area (Å²) in [6.45, 7) is 0. The second-order valence-corrected chi connectivity index (χ2v) is 4.96. The number of hydrogen-bond acceptors (Lipinski definition) is 1. The van der Waals surface area contributed by atoms with Gasteiger partial charge < -0.3 is 5.73 Å². The van der Waals surface area contributed by atoms with Gasteiger partial charge in [-0.15, -0.1) is 0 Å². The van der Waals surface area contributed by atoms with Crippen LogP contribution in [0.15, 0.2) is 0 Å². The van der Waals surface area contributed by atoms with Crippen LogP contribution in [0.25, 0.3) is 0 Å². The van der Waals surface area contributed by atoms with E-state index in [0.29, 0.717) is 12.8 Å². The molecule has 1 saturated carbocycles. The smallest absolute Gasteiger partial charge is 0.327 e. The highest BCUT2D eigenvalue weighted by Gasteiger charge is 2.59. The molecule has 1 aliphatic carbocycles. The maximum Gasteiger partial charge on any atom is 0.401 e. The first-order valence-electron chi connectivity index (χ1n) is 6.01. The van der Waals surface area contributed by atoms with Crippen LogP contribution in [0.3, 0.4) is 0 Å². The minimum atomic E-state index is -5.33. The fourth-order valence-electron chi connectivity index (χ4n) is 2.61. The van der Waals surface area contributed by atoms with Crippen molar-refractivity contribution in [3.63, 3.8) is 0 Å². The fourth-order valence-corrected chi connectivity index (χ4v) is 2.61. The third-order valence-electron chi connectivity index (χ3n) is 3.46. The zero-order valence-corrected chi connectivity index (χ0v) is 9.82. The van der Waals surface area contributed by atoms with Crippen LogP contribution >= 0.6 is 0 Å². The molecule has 0 aliphatic heterocycles. The Morgan fingerprint density at radius 2 is 1.33 bits per heavy atom. The molecule has 2 N–H and O–H groups in total. The van der Waals surface area contributed by atoms with Gasteiger partial charge in [-0.25, -0.2) is 0 Å². The lowest BCUT2D eigenvalue weighted by atomic mass is 9.81. The van der Waals surface area contributed by atoms with E-state index >= 15 is 0 Å². The lowest BCUT2D eigenvalue weighted by Crippen LogP contribution is -2.49. The lowest BCUT2D eigenvalue weighted by Gasteiger charge is -2.31. The Labute approximate surface area is 102 Å². The molecule has 1 aliphatic rings. The molecule has 1 nitrogen and oxygen atoms in total. The Balaban J connectivity index is 2.67. The first-order valence-corrected chi connectivity index (χ1v) is 6.01. The lowest BCUT2D eigenvalue weighted by molar-refractivity contribution is -0.290. The summed E-state index contributed by atoms with van der Waals surface area (Å²) in [4.78, 5) is 0. The number of hydrogen-bond donors (Lipinski definition) is 1. The van der Waals surface area contributed by atoms with Gasteiger partial charge in [-0.05, 0) is 12.3 Å². The van der Waals surface area contributed by atoms with Crippen molar-refractivity contribution in [3.05, 3.63) is 0 Å². The van der Waals surface area contributed by atoms with Gasteiger partial charge in [0.05, 0.1) is 0 Å². The second-order valence-electron chi connectivity index (χ2n) is 4.96. The van der Waals surface area contributed by atoms with Crippen LogP contribution in [0, 0.1) is 11.8 Å². The largest absolute Gasteiger partial charge is 0.401 e. The van der Waals surface area contributed by atoms with Crippen LogP contribution in [0.1, 0.15) is 38.5 Å². The van der Waals surface area contributed by atoms with Gasteiger partial charge in [0.1, 0.15) is 0 Å². The minimum absolute atomic E-state index is 0.110. The van der Waals surface area contributed by atoms with E-state index in [2.05, 4.69) is 0 Å². The fraction of sp³-hybridized carbons (Fsp3) is 1.00. The molecule has 0 aromatic heterocycles. The molecule has 18 heavy (non-hydrogen) atoms. The number of alkyl halides is 6. The van der Waals surface area contributed by atoms with Gasteiger partial charge in [-0.2, -0.15) is 26.3 Å². The molecule has 108 valence electrons. The monoisotopic (exact) mass is 277 g/mol. The standard InChI is InChI=1S/C11H17F6N/c12-10(13,14)9(11(15,16)17)8(18)6-7-4-2-1-3-5-7/h7-9H,1-6,18H2. The van der Waals surface area contributed by atoms with E-state index in [1.165, 1.54) is 0 Å². The number of nitrogens with two attached hydrogens (primary N) is 1. The summed E-state index contributed by atoms with van der Waals surface area (Å²) < 4.78 is 74.5. The van der Waals surface area contributed by atoms with Gasteiger partial charge in [0.15, 0.2) is 5.92 Å². The molecule has 0 aromatic rings. The van der Waals surface area contributed by atoms with Crippen molar-refractivity contribution in [2.45, 2.75) is 56.9 Å². The Morgan fingerprint density at radius 3 is 1.72 bits per heavy atom. The summed E-state index contributed by atoms with van der Waals surface area (Å²) in [6, 6.07) is -1.90. The summed E-state index contributed by atoms with van der Waals surface area (Å²) in [5.41, 5.74) is 5.18. The van der Waals surface area contributed by atoms with Gasteiger partial charge in [-0.1, -0.05) is 32.1 Å². The van der Waals surface area contributed by atoms with Crippen molar-refractivity contribution in [2.24, 2.45) is 17.6 Å². The molecule has 0 spiro atoms. The molecule has 0 heterocycles. The molecular formula is C11H17F6N. The normalized spacial score (nSPS) is 21.3. The Morgan fingerprint density at radius 1 is 0.889 bits per heavy atom. The summed E-state index contributed by atoms with van der Waals surface area (Å²) in [5, 5.41) is 0. The molecule has 1 atom stereocenters. The van der Waals surface area contributed by atoms with Gasteiger partial charge in [0.25, 0.3) is 0 Å². The third kappa shape index (κ3) is 4.33. The molecule has 0 amide bonds. The molecule has 1 rings (SSSR count). The molecule has 1 unspecified atom stereocenters. The van der Waals surface area contributed by atoms with Gasteiger partial charge in [0, 0.05) is 6.04 Å². The van der Waals surface area contributed by atoms with Crippen molar-refractivity contribution in [1.29, 1.82) is 0 Å². The predicted octanol–water partition coefficient (Wildman–Crippen LogP) is 4.02. The highest BCUT2D eigenvalue weighted by atomic mass is 19.4. The SMILES string of the molecule is NC(CC1CCCCC1)C(C(F)(F)F)C(F)(F)F. The highest BCUT2D eigenvalue weighted by Crippen LogP contribution is 2.43. The Kier molecular flexibility index (Phi) is 4.91. The average molecular weight is 277 g/mol. The van der Waals surface area contributed by atoms with Crippen molar-refractivity contribution in [3.8, 4) is 0 Å². The summed E-state index contributed by atoms with van der Waals surface area (Å²) in [7, 11) is 0. The van der Waals surface area contributed by atoms with E-state index in [0.717, 1.165) is 19.3 Å². The van der Waals surface area contributed by atoms with Crippen molar-refractivity contribution in [2.75, 3.05) is 0 Å². The molecule has 0 saturated heterocycles. The summed E-state index contributed by atoms with van der Waals surface area (Å²) in [6.07, 6.45) is -6.79. The molecular weight excluding hydrogens is 260 g/mol. The van der Waals surface area contributed by atoms with E-state index in [1.54, 1.807) is 0 Å². The summed E-state index contributed by atoms with van der Waals surface area (Å²) >= 11 is 0. The van der Waals surface area contributed by atoms with E-state index in [-0.39, 0.29) is 12.3 Å². The number of rotatable bonds is 3. The van der Waals surface area contributed by atoms with E-state index in [4.69, 9.17) is 5.73 Å². The van der Waals surface area contributed by atoms with Crippen LogP contribution in [-0.4, -0.2) is 18.4 Å². The van der Waals surface area contributed by atoms with Crippen LogP contribution in [0.5, 0.6) is 0 Å². The van der Waals surface area contributed by atoms with E-state index in [9.17, 15) is 26.3 Å². The Bertz CT molecular complexity index is 239. The maximum absolute atomic E-state index is 12.4. The van der Waals surface area contributed by atoms with Crippen molar-refractivity contribution < 1.29 is 26.3 Å². The molecule has 7 heteroatoms. The predicted molar refractivity (Wildman–Crippen MR) is 54.8 cm³/mol. The van der Waals surface area contributed by atoms with Gasteiger partial charge in [-0.3, -0.25) is 0 Å². The van der Waals surface area contributed by atoms with E-state index < -0.39 is 24.3 Å². The van der Waals surface area contributed by atoms with Gasteiger partial charge >= 0.3 is 12.4 Å². The maximum atomic E-state index is 12.4. The second kappa shape index (κ2) is 5.67. The van der Waals surface area contributed by atoms with Crippen LogP contribution in [-0.2, 0) is 0 Å². The van der Waals surface area contributed by atoms with Crippen LogP contribution < -0.4 is 5.73 Å². The first kappa shape index (κ1) is 15.6. The zero-order chi connectivity index (χ0) is 14.0. The minimum Gasteiger partial charge on any atom is -0.327 e. The molecule has 0 aromatic carbocycles. The van der Waals surface area contributed by atoms with Crippen molar-refractivity contribution >= 4 is 0 Å². The highest BCUT2D eigenvalue weighted by molar-refractivity contribution is 4.87. The first-order chi connectivity index (χ1) is 8.12. The average Bonchev–Trinajstić information content (AvgIpc) is 2.13. The van der Waals surface area contributed by atoms with Crippen LogP contribution in [0.2, 0.25) is 0 Å². The molecule has 0 bridgehead atoms.